The zero-order valence-electron chi connectivity index (χ0n) is 24.4. The quantitative estimate of drug-likeness (QED) is 0.262. The maximum atomic E-state index is 12.6. The van der Waals surface area contributed by atoms with Gasteiger partial charge in [0.05, 0.1) is 13.1 Å². The van der Waals surface area contributed by atoms with Crippen LogP contribution < -0.4 is 20.1 Å². The largest absolute Gasteiger partial charge is 0.425 e. The van der Waals surface area contributed by atoms with Crippen LogP contribution in [0.1, 0.15) is 95.9 Å². The van der Waals surface area contributed by atoms with Crippen molar-refractivity contribution in [2.24, 2.45) is 0 Å². The molecule has 2 aromatic rings. The van der Waals surface area contributed by atoms with Crippen molar-refractivity contribution in [3.05, 3.63) is 58.7 Å². The summed E-state index contributed by atoms with van der Waals surface area (Å²) in [6.07, 6.45) is 0.671. The molecule has 204 valence electrons. The summed E-state index contributed by atoms with van der Waals surface area (Å²) in [5.41, 5.74) is 3.37. The smallest absolute Gasteiger partial charge is 0.325 e. The van der Waals surface area contributed by atoms with Gasteiger partial charge in [-0.3, -0.25) is 9.59 Å². The van der Waals surface area contributed by atoms with Crippen molar-refractivity contribution in [3.63, 3.8) is 0 Å². The van der Waals surface area contributed by atoms with Gasteiger partial charge in [-0.1, -0.05) is 52.0 Å². The molecule has 2 rings (SSSR count). The molecule has 6 heteroatoms. The molecule has 0 aliphatic rings. The molecule has 0 fully saturated rings. The van der Waals surface area contributed by atoms with Gasteiger partial charge in [-0.15, -0.1) is 0 Å². The van der Waals surface area contributed by atoms with E-state index >= 15 is 0 Å². The number of nitrogens with one attached hydrogen (secondary N) is 2. The molecular formula is C31H46N2O4. The van der Waals surface area contributed by atoms with Crippen LogP contribution in [0.15, 0.2) is 36.4 Å². The zero-order chi connectivity index (χ0) is 28.0. The van der Waals surface area contributed by atoms with Gasteiger partial charge >= 0.3 is 11.9 Å². The predicted octanol–water partition coefficient (Wildman–Crippen LogP) is 6.19. The Bertz CT molecular complexity index is 1000. The molecule has 0 unspecified atom stereocenters. The molecule has 0 aliphatic carbocycles. The van der Waals surface area contributed by atoms with E-state index in [2.05, 4.69) is 50.5 Å². The van der Waals surface area contributed by atoms with E-state index in [-0.39, 0.29) is 36.1 Å². The molecule has 2 N–H and O–H groups in total. The van der Waals surface area contributed by atoms with Crippen LogP contribution in [-0.2, 0) is 9.59 Å². The normalized spacial score (nSPS) is 12.2. The van der Waals surface area contributed by atoms with Crippen molar-refractivity contribution >= 4 is 11.9 Å². The zero-order valence-corrected chi connectivity index (χ0v) is 24.4. The fourth-order valence-electron chi connectivity index (χ4n) is 4.34. The van der Waals surface area contributed by atoms with Crippen molar-refractivity contribution in [1.29, 1.82) is 0 Å². The van der Waals surface area contributed by atoms with Gasteiger partial charge < -0.3 is 20.1 Å². The highest BCUT2D eigenvalue weighted by molar-refractivity contribution is 5.75. The van der Waals surface area contributed by atoms with E-state index in [9.17, 15) is 9.59 Å². The van der Waals surface area contributed by atoms with Crippen LogP contribution in [0.3, 0.4) is 0 Å². The molecule has 0 bridgehead atoms. The molecule has 2 aromatic carbocycles. The number of hydrogen-bond acceptors (Lipinski definition) is 6. The van der Waals surface area contributed by atoms with Crippen LogP contribution >= 0.6 is 0 Å². The third kappa shape index (κ3) is 9.94. The molecule has 0 saturated carbocycles. The SMILES string of the molecule is Cc1ccc(C(C)C)cc1OC(=O)CNC(C)(C)CC(C)(C)NCC(=O)Oc1cc(C(C)C)ccc1C. The van der Waals surface area contributed by atoms with Crippen molar-refractivity contribution in [2.45, 2.75) is 98.6 Å². The number of carbonyl (C=O) groups is 2. The maximum absolute atomic E-state index is 12.6. The molecule has 37 heavy (non-hydrogen) atoms. The molecule has 0 heterocycles. The molecule has 0 saturated heterocycles. The molecule has 0 amide bonds. The lowest BCUT2D eigenvalue weighted by molar-refractivity contribution is -0.134. The van der Waals surface area contributed by atoms with Crippen LogP contribution in [0.25, 0.3) is 0 Å². The topological polar surface area (TPSA) is 76.7 Å². The number of hydrogen-bond donors (Lipinski definition) is 2. The Morgan fingerprint density at radius 2 is 1.05 bits per heavy atom. The van der Waals surface area contributed by atoms with Crippen LogP contribution in [0.2, 0.25) is 0 Å². The average molecular weight is 511 g/mol. The van der Waals surface area contributed by atoms with Crippen LogP contribution in [0, 0.1) is 13.8 Å². The Balaban J connectivity index is 1.88. The van der Waals surface area contributed by atoms with Gasteiger partial charge in [0, 0.05) is 11.1 Å². The molecule has 0 spiro atoms. The minimum absolute atomic E-state index is 0.0853. The molecule has 0 atom stereocenters. The summed E-state index contributed by atoms with van der Waals surface area (Å²) in [4.78, 5) is 25.2. The van der Waals surface area contributed by atoms with Gasteiger partial charge in [0.1, 0.15) is 11.5 Å². The van der Waals surface area contributed by atoms with E-state index in [0.717, 1.165) is 22.3 Å². The van der Waals surface area contributed by atoms with E-state index in [4.69, 9.17) is 9.47 Å². The first-order valence-electron chi connectivity index (χ1n) is 13.2. The van der Waals surface area contributed by atoms with E-state index < -0.39 is 0 Å². The second kappa shape index (κ2) is 12.7. The molecule has 0 aliphatic heterocycles. The fourth-order valence-corrected chi connectivity index (χ4v) is 4.34. The number of aryl methyl sites for hydroxylation is 2. The van der Waals surface area contributed by atoms with Gasteiger partial charge in [-0.25, -0.2) is 0 Å². The van der Waals surface area contributed by atoms with E-state index in [1.807, 2.05) is 65.8 Å². The molecular weight excluding hydrogens is 464 g/mol. The highest BCUT2D eigenvalue weighted by Gasteiger charge is 2.29. The average Bonchev–Trinajstić information content (AvgIpc) is 2.78. The monoisotopic (exact) mass is 510 g/mol. The Morgan fingerprint density at radius 3 is 1.38 bits per heavy atom. The summed E-state index contributed by atoms with van der Waals surface area (Å²) >= 11 is 0. The molecule has 6 nitrogen and oxygen atoms in total. The number of benzene rings is 2. The predicted molar refractivity (Wildman–Crippen MR) is 151 cm³/mol. The lowest BCUT2D eigenvalue weighted by atomic mass is 9.87. The van der Waals surface area contributed by atoms with Crippen molar-refractivity contribution in [3.8, 4) is 11.5 Å². The number of esters is 2. The van der Waals surface area contributed by atoms with E-state index in [0.29, 0.717) is 29.8 Å². The van der Waals surface area contributed by atoms with Crippen molar-refractivity contribution in [1.82, 2.24) is 10.6 Å². The summed E-state index contributed by atoms with van der Waals surface area (Å²) in [6, 6.07) is 12.0. The van der Waals surface area contributed by atoms with Gasteiger partial charge in [-0.2, -0.15) is 0 Å². The summed E-state index contributed by atoms with van der Waals surface area (Å²) in [5, 5.41) is 6.63. The van der Waals surface area contributed by atoms with Crippen molar-refractivity contribution in [2.75, 3.05) is 13.1 Å². The van der Waals surface area contributed by atoms with Crippen LogP contribution in [-0.4, -0.2) is 36.1 Å². The fraction of sp³-hybridized carbons (Fsp3) is 0.548. The number of carbonyl (C=O) groups excluding carboxylic acids is 2. The second-order valence-electron chi connectivity index (χ2n) is 12.0. The van der Waals surface area contributed by atoms with Crippen LogP contribution in [0.4, 0.5) is 0 Å². The highest BCUT2D eigenvalue weighted by atomic mass is 16.5. The minimum atomic E-state index is -0.379. The van der Waals surface area contributed by atoms with Crippen LogP contribution in [0.5, 0.6) is 11.5 Å². The van der Waals surface area contributed by atoms with E-state index in [1.165, 1.54) is 0 Å². The third-order valence-electron chi connectivity index (χ3n) is 6.51. The Labute approximate surface area is 223 Å². The van der Waals surface area contributed by atoms with Gasteiger partial charge in [0.25, 0.3) is 0 Å². The molecule has 0 aromatic heterocycles. The molecule has 0 radical (unpaired) electrons. The third-order valence-corrected chi connectivity index (χ3v) is 6.51. The van der Waals surface area contributed by atoms with Gasteiger partial charge in [-0.05, 0) is 94.2 Å². The Morgan fingerprint density at radius 1 is 0.703 bits per heavy atom. The lowest BCUT2D eigenvalue weighted by Crippen LogP contribution is -2.53. The summed E-state index contributed by atoms with van der Waals surface area (Å²) in [5.74, 6) is 1.26. The summed E-state index contributed by atoms with van der Waals surface area (Å²) in [6.45, 7) is 20.6. The first-order chi connectivity index (χ1) is 17.1. The number of rotatable bonds is 12. The van der Waals surface area contributed by atoms with Crippen molar-refractivity contribution < 1.29 is 19.1 Å². The maximum Gasteiger partial charge on any atom is 0.325 e. The lowest BCUT2D eigenvalue weighted by Gasteiger charge is -2.36. The second-order valence-corrected chi connectivity index (χ2v) is 12.0. The highest BCUT2D eigenvalue weighted by Crippen LogP contribution is 2.26. The summed E-state index contributed by atoms with van der Waals surface area (Å²) < 4.78 is 11.3. The number of ether oxygens (including phenoxy) is 2. The summed E-state index contributed by atoms with van der Waals surface area (Å²) in [7, 11) is 0. The van der Waals surface area contributed by atoms with E-state index in [1.54, 1.807) is 0 Å². The van der Waals surface area contributed by atoms with Gasteiger partial charge in [0.2, 0.25) is 0 Å². The Kier molecular flexibility index (Phi) is 10.5. The standard InChI is InChI=1S/C31H46N2O4/c1-20(2)24-13-11-22(5)26(15-24)36-28(34)17-32-30(7,8)19-31(9,10)33-18-29(35)37-27-16-25(21(3)4)14-12-23(27)6/h11-16,20-21,32-33H,17-19H2,1-10H3. The first kappa shape index (κ1) is 30.5. The first-order valence-corrected chi connectivity index (χ1v) is 13.2. The van der Waals surface area contributed by atoms with Gasteiger partial charge in [0.15, 0.2) is 0 Å². The minimum Gasteiger partial charge on any atom is -0.425 e. The Hall–Kier alpha value is -2.70.